The van der Waals surface area contributed by atoms with Crippen molar-refractivity contribution in [2.75, 3.05) is 39.4 Å². The number of hydrogen-bond acceptors (Lipinski definition) is 5. The van der Waals surface area contributed by atoms with Crippen molar-refractivity contribution in [3.8, 4) is 0 Å². The molecule has 1 saturated carbocycles. The molecule has 0 aromatic carbocycles. The van der Waals surface area contributed by atoms with Gasteiger partial charge in [-0.1, -0.05) is 5.16 Å². The molecule has 132 valence electrons. The number of rotatable bonds is 6. The largest absolute Gasteiger partial charge is 0.379 e. The van der Waals surface area contributed by atoms with Crippen LogP contribution in [-0.4, -0.2) is 55.4 Å². The van der Waals surface area contributed by atoms with Crippen LogP contribution in [0.25, 0.3) is 0 Å². The van der Waals surface area contributed by atoms with Crippen LogP contribution >= 0.6 is 0 Å². The van der Waals surface area contributed by atoms with Crippen molar-refractivity contribution in [1.29, 1.82) is 0 Å². The van der Waals surface area contributed by atoms with E-state index < -0.39 is 0 Å². The van der Waals surface area contributed by atoms with Gasteiger partial charge in [0.25, 0.3) is 5.91 Å². The summed E-state index contributed by atoms with van der Waals surface area (Å²) in [5.74, 6) is 1.47. The van der Waals surface area contributed by atoms with Gasteiger partial charge in [-0.2, -0.15) is 0 Å². The first-order chi connectivity index (χ1) is 11.6. The van der Waals surface area contributed by atoms with Crippen LogP contribution in [0.3, 0.4) is 0 Å². The lowest BCUT2D eigenvalue weighted by Gasteiger charge is -2.36. The van der Waals surface area contributed by atoms with Gasteiger partial charge < -0.3 is 19.5 Å². The van der Waals surface area contributed by atoms with Gasteiger partial charge in [-0.15, -0.1) is 0 Å². The second kappa shape index (κ2) is 6.48. The predicted octanol–water partition coefficient (Wildman–Crippen LogP) is 1.81. The third kappa shape index (κ3) is 3.35. The van der Waals surface area contributed by atoms with Gasteiger partial charge in [-0.25, -0.2) is 0 Å². The third-order valence-electron chi connectivity index (χ3n) is 5.70. The number of hydrogen-bond donors (Lipinski definition) is 1. The van der Waals surface area contributed by atoms with E-state index in [9.17, 15) is 4.79 Å². The molecule has 1 aromatic heterocycles. The van der Waals surface area contributed by atoms with Gasteiger partial charge in [-0.3, -0.25) is 4.79 Å². The molecular weight excluding hydrogens is 306 g/mol. The molecule has 0 bridgehead atoms. The zero-order valence-corrected chi connectivity index (χ0v) is 14.4. The monoisotopic (exact) mass is 333 g/mol. The Morgan fingerprint density at radius 3 is 2.67 bits per heavy atom. The molecule has 6 heteroatoms. The number of carbonyl (C=O) groups is 1. The van der Waals surface area contributed by atoms with E-state index in [0.29, 0.717) is 24.7 Å². The van der Waals surface area contributed by atoms with Crippen LogP contribution in [-0.2, 0) is 10.2 Å². The molecule has 2 aliphatic heterocycles. The maximum atomic E-state index is 12.5. The van der Waals surface area contributed by atoms with Crippen molar-refractivity contribution >= 4 is 5.91 Å². The molecule has 0 unspecified atom stereocenters. The van der Waals surface area contributed by atoms with Crippen molar-refractivity contribution < 1.29 is 14.1 Å². The molecule has 0 spiro atoms. The van der Waals surface area contributed by atoms with Gasteiger partial charge in [0.05, 0.1) is 18.6 Å². The fraction of sp³-hybridized carbons (Fsp3) is 0.778. The topological polar surface area (TPSA) is 67.6 Å². The molecule has 1 aromatic rings. The van der Waals surface area contributed by atoms with Crippen molar-refractivity contribution in [3.63, 3.8) is 0 Å². The number of ether oxygens (including phenoxy) is 1. The lowest BCUT2D eigenvalue weighted by Crippen LogP contribution is -2.46. The standard InChI is InChI=1S/C18H27N3O3/c1-18(11-23-12-18)16-15(10-24-20-16)17(22)19-8-13-4-6-21(7-5-13)9-14-2-3-14/h10,13-14H,2-9,11-12H2,1H3,(H,19,22). The van der Waals surface area contributed by atoms with Crippen molar-refractivity contribution in [2.45, 2.75) is 38.0 Å². The fourth-order valence-corrected chi connectivity index (χ4v) is 3.75. The molecule has 1 amide bonds. The average Bonchev–Trinajstić information content (AvgIpc) is 3.23. The highest BCUT2D eigenvalue weighted by Crippen LogP contribution is 2.33. The maximum Gasteiger partial charge on any atom is 0.256 e. The Labute approximate surface area is 142 Å². The first-order valence-corrected chi connectivity index (χ1v) is 9.17. The van der Waals surface area contributed by atoms with Crippen LogP contribution < -0.4 is 5.32 Å². The van der Waals surface area contributed by atoms with E-state index in [4.69, 9.17) is 9.26 Å². The second-order valence-corrected chi connectivity index (χ2v) is 8.03. The molecule has 1 aliphatic carbocycles. The molecule has 1 N–H and O–H groups in total. The highest BCUT2D eigenvalue weighted by atomic mass is 16.5. The molecule has 4 rings (SSSR count). The molecule has 3 fully saturated rings. The molecule has 24 heavy (non-hydrogen) atoms. The van der Waals surface area contributed by atoms with Crippen LogP contribution in [0.2, 0.25) is 0 Å². The Morgan fingerprint density at radius 2 is 2.04 bits per heavy atom. The van der Waals surface area contributed by atoms with E-state index in [1.807, 2.05) is 0 Å². The molecule has 3 heterocycles. The van der Waals surface area contributed by atoms with Gasteiger partial charge in [-0.05, 0) is 57.5 Å². The maximum absolute atomic E-state index is 12.5. The number of aromatic nitrogens is 1. The van der Waals surface area contributed by atoms with Crippen LogP contribution in [0.4, 0.5) is 0 Å². The summed E-state index contributed by atoms with van der Waals surface area (Å²) < 4.78 is 10.3. The molecule has 0 atom stereocenters. The Bertz CT molecular complexity index is 584. The van der Waals surface area contributed by atoms with E-state index in [2.05, 4.69) is 22.3 Å². The first kappa shape index (κ1) is 16.1. The van der Waals surface area contributed by atoms with E-state index in [-0.39, 0.29) is 11.3 Å². The Hall–Kier alpha value is -1.40. The summed E-state index contributed by atoms with van der Waals surface area (Å²) in [6, 6.07) is 0. The minimum atomic E-state index is -0.187. The van der Waals surface area contributed by atoms with E-state index in [1.165, 1.54) is 51.6 Å². The number of amides is 1. The SMILES string of the molecule is CC1(c2nocc2C(=O)NCC2CCN(CC3CC3)CC2)COC1. The van der Waals surface area contributed by atoms with Gasteiger partial charge in [0.15, 0.2) is 0 Å². The third-order valence-corrected chi connectivity index (χ3v) is 5.70. The summed E-state index contributed by atoms with van der Waals surface area (Å²) in [5, 5.41) is 7.13. The summed E-state index contributed by atoms with van der Waals surface area (Å²) >= 11 is 0. The Morgan fingerprint density at radius 1 is 1.29 bits per heavy atom. The van der Waals surface area contributed by atoms with Gasteiger partial charge >= 0.3 is 0 Å². The fourth-order valence-electron chi connectivity index (χ4n) is 3.75. The molecule has 3 aliphatic rings. The van der Waals surface area contributed by atoms with Crippen LogP contribution in [0.1, 0.15) is 48.7 Å². The summed E-state index contributed by atoms with van der Waals surface area (Å²) in [7, 11) is 0. The zero-order valence-electron chi connectivity index (χ0n) is 14.4. The van der Waals surface area contributed by atoms with Gasteiger partial charge in [0.2, 0.25) is 0 Å². The van der Waals surface area contributed by atoms with E-state index >= 15 is 0 Å². The minimum absolute atomic E-state index is 0.0696. The minimum Gasteiger partial charge on any atom is -0.379 e. The van der Waals surface area contributed by atoms with Crippen molar-refractivity contribution in [2.24, 2.45) is 11.8 Å². The zero-order chi connectivity index (χ0) is 16.6. The Kier molecular flexibility index (Phi) is 4.35. The Balaban J connectivity index is 1.26. The van der Waals surface area contributed by atoms with E-state index in [1.54, 1.807) is 0 Å². The summed E-state index contributed by atoms with van der Waals surface area (Å²) in [6.45, 7) is 7.62. The number of carbonyl (C=O) groups excluding carboxylic acids is 1. The molecular formula is C18H27N3O3. The highest BCUT2D eigenvalue weighted by Gasteiger charge is 2.41. The normalized spacial score (nSPS) is 24.5. The quantitative estimate of drug-likeness (QED) is 0.860. The van der Waals surface area contributed by atoms with Crippen LogP contribution in [0, 0.1) is 11.8 Å². The second-order valence-electron chi connectivity index (χ2n) is 8.03. The first-order valence-electron chi connectivity index (χ1n) is 9.17. The summed E-state index contributed by atoms with van der Waals surface area (Å²) in [4.78, 5) is 15.1. The van der Waals surface area contributed by atoms with Crippen molar-refractivity contribution in [3.05, 3.63) is 17.5 Å². The average molecular weight is 333 g/mol. The number of likely N-dealkylation sites (tertiary alicyclic amines) is 1. The molecule has 0 radical (unpaired) electrons. The highest BCUT2D eigenvalue weighted by molar-refractivity contribution is 5.95. The molecule has 6 nitrogen and oxygen atoms in total. The van der Waals surface area contributed by atoms with Crippen molar-refractivity contribution in [1.82, 2.24) is 15.4 Å². The summed E-state index contributed by atoms with van der Waals surface area (Å²) in [5.41, 5.74) is 1.10. The molecule has 2 saturated heterocycles. The summed E-state index contributed by atoms with van der Waals surface area (Å²) in [6.07, 6.45) is 6.65. The van der Waals surface area contributed by atoms with Gasteiger partial charge in [0, 0.05) is 13.1 Å². The van der Waals surface area contributed by atoms with E-state index in [0.717, 1.165) is 18.2 Å². The lowest BCUT2D eigenvalue weighted by molar-refractivity contribution is -0.0534. The van der Waals surface area contributed by atoms with Crippen LogP contribution in [0.15, 0.2) is 10.8 Å². The number of nitrogens with zero attached hydrogens (tertiary/aromatic N) is 2. The lowest BCUT2D eigenvalue weighted by atomic mass is 9.83. The van der Waals surface area contributed by atoms with Gasteiger partial charge in [0.1, 0.15) is 17.5 Å². The predicted molar refractivity (Wildman–Crippen MR) is 88.9 cm³/mol. The number of nitrogens with one attached hydrogen (secondary N) is 1. The van der Waals surface area contributed by atoms with Crippen LogP contribution in [0.5, 0.6) is 0 Å². The smallest absolute Gasteiger partial charge is 0.256 e. The number of piperidine rings is 1.